The molecule has 21 heavy (non-hydrogen) atoms. The molecule has 1 aliphatic rings. The minimum Gasteiger partial charge on any atom is -0.508 e. The van der Waals surface area contributed by atoms with Crippen molar-refractivity contribution in [2.45, 2.75) is 6.92 Å². The van der Waals surface area contributed by atoms with Crippen LogP contribution >= 0.6 is 0 Å². The Hall–Kier alpha value is -2.69. The average molecular weight is 282 g/mol. The number of H-pyrrole nitrogens is 1. The summed E-state index contributed by atoms with van der Waals surface area (Å²) >= 11 is 0. The SMILES string of the molecule is Cc1ccc(-c2nc3cc4c(cc3[nH]2)OCCO4)cc1O. The largest absolute Gasteiger partial charge is 0.508 e. The third-order valence-electron chi connectivity index (χ3n) is 3.63. The molecule has 1 aromatic heterocycles. The number of aromatic hydroxyl groups is 1. The zero-order valence-corrected chi connectivity index (χ0v) is 11.5. The maximum atomic E-state index is 9.83. The van der Waals surface area contributed by atoms with Gasteiger partial charge in [0, 0.05) is 17.7 Å². The topological polar surface area (TPSA) is 67.4 Å². The predicted molar refractivity (Wildman–Crippen MR) is 78.9 cm³/mol. The van der Waals surface area contributed by atoms with Crippen molar-refractivity contribution in [1.29, 1.82) is 0 Å². The Morgan fingerprint density at radius 3 is 2.62 bits per heavy atom. The monoisotopic (exact) mass is 282 g/mol. The van der Waals surface area contributed by atoms with E-state index in [1.54, 1.807) is 6.07 Å². The van der Waals surface area contributed by atoms with Crippen molar-refractivity contribution in [3.8, 4) is 28.6 Å². The van der Waals surface area contributed by atoms with Crippen molar-refractivity contribution in [1.82, 2.24) is 9.97 Å². The molecular formula is C16H14N2O3. The Morgan fingerprint density at radius 1 is 1.10 bits per heavy atom. The summed E-state index contributed by atoms with van der Waals surface area (Å²) in [6, 6.07) is 9.28. The van der Waals surface area contributed by atoms with E-state index in [4.69, 9.17) is 9.47 Å². The second kappa shape index (κ2) is 4.41. The molecule has 2 aromatic carbocycles. The summed E-state index contributed by atoms with van der Waals surface area (Å²) in [6.07, 6.45) is 0. The molecule has 2 N–H and O–H groups in total. The van der Waals surface area contributed by atoms with Gasteiger partial charge in [-0.25, -0.2) is 4.98 Å². The van der Waals surface area contributed by atoms with Gasteiger partial charge in [0.2, 0.25) is 0 Å². The molecule has 0 saturated carbocycles. The summed E-state index contributed by atoms with van der Waals surface area (Å²) in [7, 11) is 0. The lowest BCUT2D eigenvalue weighted by Gasteiger charge is -2.17. The fourth-order valence-corrected chi connectivity index (χ4v) is 2.44. The van der Waals surface area contributed by atoms with Gasteiger partial charge in [-0.05, 0) is 18.6 Å². The van der Waals surface area contributed by atoms with Crippen molar-refractivity contribution >= 4 is 11.0 Å². The number of phenolic OH excluding ortho intramolecular Hbond substituents is 1. The number of imidazole rings is 1. The molecule has 0 saturated heterocycles. The number of aromatic amines is 1. The fourth-order valence-electron chi connectivity index (χ4n) is 2.44. The van der Waals surface area contributed by atoms with Gasteiger partial charge in [-0.2, -0.15) is 0 Å². The van der Waals surface area contributed by atoms with Crippen LogP contribution in [0.1, 0.15) is 5.56 Å². The number of hydrogen-bond acceptors (Lipinski definition) is 4. The van der Waals surface area contributed by atoms with Crippen molar-refractivity contribution in [3.05, 3.63) is 35.9 Å². The van der Waals surface area contributed by atoms with Crippen LogP contribution in [-0.4, -0.2) is 28.3 Å². The molecule has 1 aliphatic heterocycles. The highest BCUT2D eigenvalue weighted by Gasteiger charge is 2.15. The molecule has 0 unspecified atom stereocenters. The molecule has 106 valence electrons. The van der Waals surface area contributed by atoms with E-state index in [-0.39, 0.29) is 5.75 Å². The first-order valence-corrected chi connectivity index (χ1v) is 6.80. The Balaban J connectivity index is 1.84. The van der Waals surface area contributed by atoms with Crippen LogP contribution in [0.3, 0.4) is 0 Å². The maximum absolute atomic E-state index is 9.83. The number of nitrogens with zero attached hydrogens (tertiary/aromatic N) is 1. The highest BCUT2D eigenvalue weighted by atomic mass is 16.6. The lowest BCUT2D eigenvalue weighted by molar-refractivity contribution is 0.172. The Kier molecular flexibility index (Phi) is 2.54. The highest BCUT2D eigenvalue weighted by Crippen LogP contribution is 2.35. The van der Waals surface area contributed by atoms with Crippen LogP contribution in [-0.2, 0) is 0 Å². The van der Waals surface area contributed by atoms with E-state index in [1.807, 2.05) is 31.2 Å². The Bertz CT molecular complexity index is 796. The first-order valence-electron chi connectivity index (χ1n) is 6.80. The van der Waals surface area contributed by atoms with Crippen LogP contribution < -0.4 is 9.47 Å². The molecule has 0 amide bonds. The van der Waals surface area contributed by atoms with Gasteiger partial charge >= 0.3 is 0 Å². The van der Waals surface area contributed by atoms with E-state index in [1.165, 1.54) is 0 Å². The lowest BCUT2D eigenvalue weighted by Crippen LogP contribution is -2.15. The number of aryl methyl sites for hydroxylation is 1. The molecule has 5 nitrogen and oxygen atoms in total. The van der Waals surface area contributed by atoms with Gasteiger partial charge in [-0.15, -0.1) is 0 Å². The molecule has 0 atom stereocenters. The van der Waals surface area contributed by atoms with Crippen LogP contribution in [0.15, 0.2) is 30.3 Å². The number of rotatable bonds is 1. The van der Waals surface area contributed by atoms with Crippen LogP contribution in [0.5, 0.6) is 17.2 Å². The third-order valence-corrected chi connectivity index (χ3v) is 3.63. The van der Waals surface area contributed by atoms with Crippen molar-refractivity contribution in [2.75, 3.05) is 13.2 Å². The highest BCUT2D eigenvalue weighted by molar-refractivity contribution is 5.83. The quantitative estimate of drug-likeness (QED) is 0.720. The van der Waals surface area contributed by atoms with E-state index in [0.717, 1.165) is 33.7 Å². The van der Waals surface area contributed by atoms with Gasteiger partial charge in [-0.1, -0.05) is 12.1 Å². The van der Waals surface area contributed by atoms with E-state index in [0.29, 0.717) is 19.0 Å². The second-order valence-corrected chi connectivity index (χ2v) is 5.10. The van der Waals surface area contributed by atoms with Crippen LogP contribution in [0.25, 0.3) is 22.4 Å². The van der Waals surface area contributed by atoms with Gasteiger partial charge in [-0.3, -0.25) is 0 Å². The van der Waals surface area contributed by atoms with Crippen LogP contribution in [0, 0.1) is 6.92 Å². The Labute approximate surface area is 121 Å². The number of ether oxygens (including phenoxy) is 2. The minimum atomic E-state index is 0.263. The van der Waals surface area contributed by atoms with Gasteiger partial charge in [0.1, 0.15) is 24.8 Å². The smallest absolute Gasteiger partial charge is 0.163 e. The molecule has 4 rings (SSSR count). The first kappa shape index (κ1) is 12.1. The van der Waals surface area contributed by atoms with E-state index < -0.39 is 0 Å². The second-order valence-electron chi connectivity index (χ2n) is 5.10. The predicted octanol–water partition coefficient (Wildman–Crippen LogP) is 3.02. The number of benzene rings is 2. The zero-order chi connectivity index (χ0) is 14.4. The molecule has 0 fully saturated rings. The molecule has 0 bridgehead atoms. The van der Waals surface area contributed by atoms with E-state index >= 15 is 0 Å². The Morgan fingerprint density at radius 2 is 1.86 bits per heavy atom. The summed E-state index contributed by atoms with van der Waals surface area (Å²) in [5.41, 5.74) is 3.38. The van der Waals surface area contributed by atoms with Crippen molar-refractivity contribution < 1.29 is 14.6 Å². The summed E-state index contributed by atoms with van der Waals surface area (Å²) in [5, 5.41) is 9.83. The van der Waals surface area contributed by atoms with E-state index in [9.17, 15) is 5.11 Å². The number of fused-ring (bicyclic) bond motifs is 2. The van der Waals surface area contributed by atoms with Gasteiger partial charge in [0.15, 0.2) is 11.5 Å². The van der Waals surface area contributed by atoms with Crippen molar-refractivity contribution in [2.24, 2.45) is 0 Å². The first-order chi connectivity index (χ1) is 10.2. The third kappa shape index (κ3) is 1.98. The molecule has 3 aromatic rings. The fraction of sp³-hybridized carbons (Fsp3) is 0.188. The standard InChI is InChI=1S/C16H14N2O3/c1-9-2-3-10(6-13(9)19)16-17-11-7-14-15(8-12(11)18-16)21-5-4-20-14/h2-3,6-8,19H,4-5H2,1H3,(H,17,18). The number of aromatic nitrogens is 2. The summed E-state index contributed by atoms with van der Waals surface area (Å²) < 4.78 is 11.1. The summed E-state index contributed by atoms with van der Waals surface area (Å²) in [6.45, 7) is 2.98. The molecule has 5 heteroatoms. The molecule has 0 aliphatic carbocycles. The number of hydrogen-bond donors (Lipinski definition) is 2. The molecular weight excluding hydrogens is 268 g/mol. The zero-order valence-electron chi connectivity index (χ0n) is 11.5. The number of phenols is 1. The van der Waals surface area contributed by atoms with Crippen molar-refractivity contribution in [3.63, 3.8) is 0 Å². The van der Waals surface area contributed by atoms with Crippen LogP contribution in [0.4, 0.5) is 0 Å². The summed E-state index contributed by atoms with van der Waals surface area (Å²) in [4.78, 5) is 7.81. The molecule has 0 radical (unpaired) electrons. The van der Waals surface area contributed by atoms with E-state index in [2.05, 4.69) is 9.97 Å². The average Bonchev–Trinajstić information content (AvgIpc) is 2.90. The van der Waals surface area contributed by atoms with Crippen LogP contribution in [0.2, 0.25) is 0 Å². The minimum absolute atomic E-state index is 0.263. The molecule has 0 spiro atoms. The number of nitrogens with one attached hydrogen (secondary N) is 1. The van der Waals surface area contributed by atoms with Gasteiger partial charge in [0.05, 0.1) is 11.0 Å². The summed E-state index contributed by atoms with van der Waals surface area (Å²) in [5.74, 6) is 2.43. The van der Waals surface area contributed by atoms with Gasteiger partial charge < -0.3 is 19.6 Å². The maximum Gasteiger partial charge on any atom is 0.163 e. The normalized spacial score (nSPS) is 13.6. The lowest BCUT2D eigenvalue weighted by atomic mass is 10.1. The van der Waals surface area contributed by atoms with Gasteiger partial charge in [0.25, 0.3) is 0 Å². The molecule has 2 heterocycles.